The van der Waals surface area contributed by atoms with Gasteiger partial charge < -0.3 is 24.6 Å². The maximum absolute atomic E-state index is 12.1. The molecule has 1 aliphatic rings. The van der Waals surface area contributed by atoms with Crippen LogP contribution in [0.2, 0.25) is 0 Å². The van der Waals surface area contributed by atoms with Gasteiger partial charge in [-0.3, -0.25) is 0 Å². The highest BCUT2D eigenvalue weighted by atomic mass is 16.6. The largest absolute Gasteiger partial charge is 0.444 e. The van der Waals surface area contributed by atoms with Crippen LogP contribution in [0, 0.1) is 0 Å². The molecule has 2 rings (SSSR count). The molecule has 0 aliphatic carbocycles. The average molecular weight is 349 g/mol. The summed E-state index contributed by atoms with van der Waals surface area (Å²) in [5.74, 6) is 0. The fourth-order valence-electron chi connectivity index (χ4n) is 2.82. The van der Waals surface area contributed by atoms with Crippen molar-refractivity contribution in [1.29, 1.82) is 0 Å². The second kappa shape index (κ2) is 8.43. The summed E-state index contributed by atoms with van der Waals surface area (Å²) in [5.41, 5.74) is 1.81. The van der Waals surface area contributed by atoms with E-state index < -0.39 is 5.60 Å². The number of nitrogens with zero attached hydrogens (tertiary/aromatic N) is 2. The number of amides is 1. The van der Waals surface area contributed by atoms with Gasteiger partial charge in [0.1, 0.15) is 5.60 Å². The zero-order valence-corrected chi connectivity index (χ0v) is 16.0. The molecule has 0 saturated carbocycles. The molecule has 1 aliphatic heterocycles. The van der Waals surface area contributed by atoms with E-state index in [0.717, 1.165) is 18.8 Å². The van der Waals surface area contributed by atoms with E-state index in [4.69, 9.17) is 9.47 Å². The molecule has 6 heteroatoms. The zero-order chi connectivity index (χ0) is 18.4. The molecule has 1 atom stereocenters. The molecule has 1 heterocycles. The minimum absolute atomic E-state index is 0.223. The Morgan fingerprint density at radius 3 is 2.28 bits per heavy atom. The van der Waals surface area contributed by atoms with E-state index in [1.165, 1.54) is 5.69 Å². The molecule has 1 aromatic rings. The molecule has 1 unspecified atom stereocenters. The van der Waals surface area contributed by atoms with Crippen LogP contribution in [-0.2, 0) is 9.47 Å². The number of carbonyl (C=O) groups is 1. The number of nitrogens with one attached hydrogen (secondary N) is 1. The number of anilines is 2. The first kappa shape index (κ1) is 19.4. The summed E-state index contributed by atoms with van der Waals surface area (Å²) in [6, 6.07) is 8.67. The Morgan fingerprint density at radius 2 is 1.76 bits per heavy atom. The summed E-state index contributed by atoms with van der Waals surface area (Å²) in [4.78, 5) is 16.2. The average Bonchev–Trinajstić information content (AvgIpc) is 2.54. The van der Waals surface area contributed by atoms with Gasteiger partial charge in [-0.25, -0.2) is 4.79 Å². The van der Waals surface area contributed by atoms with E-state index in [1.54, 1.807) is 12.0 Å². The summed E-state index contributed by atoms with van der Waals surface area (Å²) in [7, 11) is 1.71. The monoisotopic (exact) mass is 349 g/mol. The van der Waals surface area contributed by atoms with E-state index in [1.807, 2.05) is 20.8 Å². The molecular weight excluding hydrogens is 318 g/mol. The van der Waals surface area contributed by atoms with Crippen molar-refractivity contribution in [1.82, 2.24) is 4.90 Å². The van der Waals surface area contributed by atoms with Crippen molar-refractivity contribution in [3.05, 3.63) is 24.3 Å². The van der Waals surface area contributed by atoms with E-state index in [2.05, 4.69) is 41.4 Å². The van der Waals surface area contributed by atoms with Crippen molar-refractivity contribution < 1.29 is 14.3 Å². The van der Waals surface area contributed by atoms with Crippen molar-refractivity contribution in [3.63, 3.8) is 0 Å². The number of hydrogen-bond donors (Lipinski definition) is 1. The highest BCUT2D eigenvalue weighted by Crippen LogP contribution is 2.21. The Labute approximate surface area is 151 Å². The standard InChI is InChI=1S/C19H31N3O3/c1-15(14-24-5)20-16-6-8-17(9-7-16)21-10-12-22(13-11-21)18(23)25-19(2,3)4/h6-9,15,20H,10-14H2,1-5H3. The first-order valence-corrected chi connectivity index (χ1v) is 8.87. The van der Waals surface area contributed by atoms with Crippen molar-refractivity contribution >= 4 is 17.5 Å². The number of ether oxygens (including phenoxy) is 2. The van der Waals surface area contributed by atoms with Crippen LogP contribution in [0.4, 0.5) is 16.2 Å². The van der Waals surface area contributed by atoms with Gasteiger partial charge >= 0.3 is 6.09 Å². The maximum atomic E-state index is 12.1. The van der Waals surface area contributed by atoms with Gasteiger partial charge in [-0.05, 0) is 52.0 Å². The van der Waals surface area contributed by atoms with Crippen LogP contribution < -0.4 is 10.2 Å². The lowest BCUT2D eigenvalue weighted by Crippen LogP contribution is -2.50. The van der Waals surface area contributed by atoms with Gasteiger partial charge in [-0.2, -0.15) is 0 Å². The summed E-state index contributed by atoms with van der Waals surface area (Å²) in [6.45, 7) is 11.4. The minimum Gasteiger partial charge on any atom is -0.444 e. The highest BCUT2D eigenvalue weighted by Gasteiger charge is 2.25. The predicted molar refractivity (Wildman–Crippen MR) is 101 cm³/mol. The second-order valence-corrected chi connectivity index (χ2v) is 7.50. The van der Waals surface area contributed by atoms with Crippen LogP contribution in [0.1, 0.15) is 27.7 Å². The quantitative estimate of drug-likeness (QED) is 0.885. The van der Waals surface area contributed by atoms with Gasteiger partial charge in [0.25, 0.3) is 0 Å². The van der Waals surface area contributed by atoms with Crippen molar-refractivity contribution in [2.75, 3.05) is 50.1 Å². The normalized spacial score (nSPS) is 16.5. The fraction of sp³-hybridized carbons (Fsp3) is 0.632. The molecule has 0 radical (unpaired) electrons. The van der Waals surface area contributed by atoms with Gasteiger partial charge in [0.05, 0.1) is 6.61 Å². The molecule has 0 spiro atoms. The number of methoxy groups -OCH3 is 1. The Hall–Kier alpha value is -1.95. The number of carbonyl (C=O) groups excluding carboxylic acids is 1. The Kier molecular flexibility index (Phi) is 6.53. The fourth-order valence-corrected chi connectivity index (χ4v) is 2.82. The predicted octanol–water partition coefficient (Wildman–Crippen LogP) is 3.19. The van der Waals surface area contributed by atoms with E-state index in [9.17, 15) is 4.79 Å². The van der Waals surface area contributed by atoms with Crippen LogP contribution in [-0.4, -0.2) is 62.5 Å². The third kappa shape index (κ3) is 6.12. The summed E-state index contributed by atoms with van der Waals surface area (Å²) < 4.78 is 10.6. The summed E-state index contributed by atoms with van der Waals surface area (Å²) in [5, 5.41) is 3.40. The Bertz CT molecular complexity index is 546. The van der Waals surface area contributed by atoms with E-state index >= 15 is 0 Å². The lowest BCUT2D eigenvalue weighted by molar-refractivity contribution is 0.0240. The number of rotatable bonds is 5. The third-order valence-corrected chi connectivity index (χ3v) is 3.99. The lowest BCUT2D eigenvalue weighted by atomic mass is 10.2. The van der Waals surface area contributed by atoms with E-state index in [0.29, 0.717) is 19.7 Å². The van der Waals surface area contributed by atoms with Crippen molar-refractivity contribution in [2.24, 2.45) is 0 Å². The Morgan fingerprint density at radius 1 is 1.16 bits per heavy atom. The van der Waals surface area contributed by atoms with Crippen molar-refractivity contribution in [2.45, 2.75) is 39.3 Å². The van der Waals surface area contributed by atoms with Gasteiger partial charge in [0.15, 0.2) is 0 Å². The van der Waals surface area contributed by atoms with Gasteiger partial charge in [0.2, 0.25) is 0 Å². The second-order valence-electron chi connectivity index (χ2n) is 7.50. The molecule has 1 aromatic carbocycles. The molecule has 1 saturated heterocycles. The van der Waals surface area contributed by atoms with Gasteiger partial charge in [0, 0.05) is 50.7 Å². The SMILES string of the molecule is COCC(C)Nc1ccc(N2CCN(C(=O)OC(C)(C)C)CC2)cc1. The van der Waals surface area contributed by atoms with Crippen LogP contribution in [0.15, 0.2) is 24.3 Å². The van der Waals surface area contributed by atoms with E-state index in [-0.39, 0.29) is 12.1 Å². The zero-order valence-electron chi connectivity index (χ0n) is 16.0. The van der Waals surface area contributed by atoms with Gasteiger partial charge in [-0.15, -0.1) is 0 Å². The molecule has 0 aromatic heterocycles. The lowest BCUT2D eigenvalue weighted by Gasteiger charge is -2.36. The third-order valence-electron chi connectivity index (χ3n) is 3.99. The van der Waals surface area contributed by atoms with Crippen LogP contribution in [0.5, 0.6) is 0 Å². The highest BCUT2D eigenvalue weighted by molar-refractivity contribution is 5.68. The number of benzene rings is 1. The number of piperazine rings is 1. The molecule has 140 valence electrons. The van der Waals surface area contributed by atoms with Crippen molar-refractivity contribution in [3.8, 4) is 0 Å². The first-order valence-electron chi connectivity index (χ1n) is 8.87. The topological polar surface area (TPSA) is 54.0 Å². The van der Waals surface area contributed by atoms with Crippen LogP contribution >= 0.6 is 0 Å². The smallest absolute Gasteiger partial charge is 0.410 e. The first-order chi connectivity index (χ1) is 11.8. The molecule has 1 amide bonds. The maximum Gasteiger partial charge on any atom is 0.410 e. The molecule has 25 heavy (non-hydrogen) atoms. The number of hydrogen-bond acceptors (Lipinski definition) is 5. The summed E-state index contributed by atoms with van der Waals surface area (Å²) in [6.07, 6.45) is -0.223. The minimum atomic E-state index is -0.447. The van der Waals surface area contributed by atoms with Crippen LogP contribution in [0.3, 0.4) is 0 Å². The summed E-state index contributed by atoms with van der Waals surface area (Å²) >= 11 is 0. The molecule has 0 bridgehead atoms. The van der Waals surface area contributed by atoms with Gasteiger partial charge in [-0.1, -0.05) is 0 Å². The van der Waals surface area contributed by atoms with Crippen LogP contribution in [0.25, 0.3) is 0 Å². The Balaban J connectivity index is 1.85. The molecule has 6 nitrogen and oxygen atoms in total. The molecule has 1 fully saturated rings. The molecule has 1 N–H and O–H groups in total. The molecular formula is C19H31N3O3.